The third kappa shape index (κ3) is 51.5. The molecule has 0 aliphatic carbocycles. The van der Waals surface area contributed by atoms with Gasteiger partial charge in [-0.3, -0.25) is 4.79 Å². The van der Waals surface area contributed by atoms with Gasteiger partial charge >= 0.3 is 5.97 Å². The first kappa shape index (κ1) is 55.5. The highest BCUT2D eigenvalue weighted by Gasteiger charge is 2.03. The van der Waals surface area contributed by atoms with Gasteiger partial charge in [-0.1, -0.05) is 316 Å². The van der Waals surface area contributed by atoms with Gasteiger partial charge in [0.25, 0.3) is 0 Å². The van der Waals surface area contributed by atoms with Crippen molar-refractivity contribution in [3.8, 4) is 0 Å². The molecule has 0 saturated carbocycles. The summed E-state index contributed by atoms with van der Waals surface area (Å²) in [5.41, 5.74) is 0. The van der Waals surface area contributed by atoms with Crippen molar-refractivity contribution in [2.75, 3.05) is 6.61 Å². The van der Waals surface area contributed by atoms with Crippen molar-refractivity contribution >= 4 is 5.97 Å². The Morgan fingerprint density at radius 1 is 0.232 bits per heavy atom. The van der Waals surface area contributed by atoms with Gasteiger partial charge in [-0.2, -0.15) is 0 Å². The summed E-state index contributed by atoms with van der Waals surface area (Å²) >= 11 is 0. The summed E-state index contributed by atoms with van der Waals surface area (Å²) in [4.78, 5) is 12.1. The van der Waals surface area contributed by atoms with Crippen molar-refractivity contribution in [3.05, 3.63) is 0 Å². The zero-order valence-corrected chi connectivity index (χ0v) is 39.4. The van der Waals surface area contributed by atoms with Crippen LogP contribution >= 0.6 is 0 Å². The summed E-state index contributed by atoms with van der Waals surface area (Å²) in [6, 6.07) is 0. The third-order valence-electron chi connectivity index (χ3n) is 12.7. The molecule has 336 valence electrons. The van der Waals surface area contributed by atoms with E-state index in [1.807, 2.05) is 0 Å². The largest absolute Gasteiger partial charge is 0.466 e. The molecule has 0 bridgehead atoms. The van der Waals surface area contributed by atoms with E-state index in [2.05, 4.69) is 13.8 Å². The van der Waals surface area contributed by atoms with E-state index in [0.29, 0.717) is 13.0 Å². The molecular formula is C54H108O2. The summed E-state index contributed by atoms with van der Waals surface area (Å²) in [7, 11) is 0. The first-order chi connectivity index (χ1) is 27.8. The average molecular weight is 789 g/mol. The van der Waals surface area contributed by atoms with E-state index in [1.165, 1.54) is 302 Å². The van der Waals surface area contributed by atoms with Gasteiger partial charge in [0.1, 0.15) is 0 Å². The average Bonchev–Trinajstić information content (AvgIpc) is 3.20. The molecule has 56 heavy (non-hydrogen) atoms. The van der Waals surface area contributed by atoms with Crippen LogP contribution < -0.4 is 0 Å². The zero-order chi connectivity index (χ0) is 40.3. The predicted molar refractivity (Wildman–Crippen MR) is 253 cm³/mol. The van der Waals surface area contributed by atoms with Gasteiger partial charge < -0.3 is 4.74 Å². The molecule has 0 heterocycles. The summed E-state index contributed by atoms with van der Waals surface area (Å²) in [6.45, 7) is 5.25. The highest BCUT2D eigenvalue weighted by Crippen LogP contribution is 2.18. The Hall–Kier alpha value is -0.530. The van der Waals surface area contributed by atoms with Crippen LogP contribution in [0.5, 0.6) is 0 Å². The van der Waals surface area contributed by atoms with Gasteiger partial charge in [-0.05, 0) is 12.8 Å². The molecule has 0 amide bonds. The number of rotatable bonds is 51. The molecular weight excluding hydrogens is 681 g/mol. The maximum atomic E-state index is 12.1. The fraction of sp³-hybridized carbons (Fsp3) is 0.981. The lowest BCUT2D eigenvalue weighted by atomic mass is 10.0. The van der Waals surface area contributed by atoms with Gasteiger partial charge in [0.2, 0.25) is 0 Å². The Morgan fingerprint density at radius 3 is 0.589 bits per heavy atom. The molecule has 0 saturated heterocycles. The van der Waals surface area contributed by atoms with Crippen LogP contribution in [0, 0.1) is 0 Å². The third-order valence-corrected chi connectivity index (χ3v) is 12.7. The second-order valence-corrected chi connectivity index (χ2v) is 18.6. The SMILES string of the molecule is CCCCCCCCCCCCCCCCCCCCCCCCCCCCOC(=O)CCCCCCCCCCCCCCCCCCCCCCCCC. The lowest BCUT2D eigenvalue weighted by molar-refractivity contribution is -0.143. The van der Waals surface area contributed by atoms with Crippen LogP contribution in [0.3, 0.4) is 0 Å². The number of hydrogen-bond acceptors (Lipinski definition) is 2. The monoisotopic (exact) mass is 789 g/mol. The van der Waals surface area contributed by atoms with Crippen molar-refractivity contribution in [1.82, 2.24) is 0 Å². The second-order valence-electron chi connectivity index (χ2n) is 18.6. The molecule has 0 atom stereocenters. The van der Waals surface area contributed by atoms with Crippen molar-refractivity contribution in [1.29, 1.82) is 0 Å². The van der Waals surface area contributed by atoms with Gasteiger partial charge in [-0.25, -0.2) is 0 Å². The molecule has 0 spiro atoms. The van der Waals surface area contributed by atoms with Crippen molar-refractivity contribution in [2.24, 2.45) is 0 Å². The smallest absolute Gasteiger partial charge is 0.305 e. The van der Waals surface area contributed by atoms with Gasteiger partial charge in [0.05, 0.1) is 6.61 Å². The fourth-order valence-electron chi connectivity index (χ4n) is 8.73. The van der Waals surface area contributed by atoms with Crippen molar-refractivity contribution in [3.63, 3.8) is 0 Å². The van der Waals surface area contributed by atoms with Gasteiger partial charge in [0.15, 0.2) is 0 Å². The minimum Gasteiger partial charge on any atom is -0.466 e. The molecule has 0 unspecified atom stereocenters. The molecule has 2 heteroatoms. The first-order valence-electron chi connectivity index (χ1n) is 27.0. The van der Waals surface area contributed by atoms with E-state index in [-0.39, 0.29) is 5.97 Å². The van der Waals surface area contributed by atoms with Crippen LogP contribution in [0.25, 0.3) is 0 Å². The topological polar surface area (TPSA) is 26.3 Å². The van der Waals surface area contributed by atoms with Gasteiger partial charge in [-0.15, -0.1) is 0 Å². The first-order valence-corrected chi connectivity index (χ1v) is 27.0. The Kier molecular flexibility index (Phi) is 52.0. The Labute approximate surface area is 355 Å². The van der Waals surface area contributed by atoms with Crippen LogP contribution in [0.4, 0.5) is 0 Å². The summed E-state index contributed by atoms with van der Waals surface area (Å²) in [6.07, 6.45) is 69.8. The molecule has 0 aromatic heterocycles. The Bertz CT molecular complexity index is 688. The van der Waals surface area contributed by atoms with Crippen molar-refractivity contribution in [2.45, 2.75) is 335 Å². The van der Waals surface area contributed by atoms with E-state index in [1.54, 1.807) is 0 Å². The minimum atomic E-state index is 0.0353. The number of carbonyl (C=O) groups is 1. The van der Waals surface area contributed by atoms with E-state index < -0.39 is 0 Å². The summed E-state index contributed by atoms with van der Waals surface area (Å²) in [5, 5.41) is 0. The van der Waals surface area contributed by atoms with Crippen LogP contribution in [-0.4, -0.2) is 12.6 Å². The molecule has 2 nitrogen and oxygen atoms in total. The van der Waals surface area contributed by atoms with Crippen LogP contribution in [0.15, 0.2) is 0 Å². The number of unbranched alkanes of at least 4 members (excludes halogenated alkanes) is 47. The van der Waals surface area contributed by atoms with Crippen LogP contribution in [-0.2, 0) is 9.53 Å². The maximum Gasteiger partial charge on any atom is 0.305 e. The van der Waals surface area contributed by atoms with Gasteiger partial charge in [0, 0.05) is 6.42 Å². The standard InChI is InChI=1S/C54H108O2/c1-3-5-7-9-11-13-15-17-19-21-23-25-27-28-29-31-33-35-37-39-41-43-45-47-49-51-53-56-54(55)52-50-48-46-44-42-40-38-36-34-32-30-26-24-22-20-18-16-14-12-10-8-6-4-2/h3-53H2,1-2H3. The number of esters is 1. The minimum absolute atomic E-state index is 0.0353. The lowest BCUT2D eigenvalue weighted by Gasteiger charge is -2.06. The number of carbonyl (C=O) groups excluding carboxylic acids is 1. The fourth-order valence-corrected chi connectivity index (χ4v) is 8.73. The molecule has 0 aromatic rings. The predicted octanol–water partition coefficient (Wildman–Crippen LogP) is 20.1. The maximum absolute atomic E-state index is 12.1. The van der Waals surface area contributed by atoms with E-state index in [9.17, 15) is 4.79 Å². The molecule has 0 radical (unpaired) electrons. The number of hydrogen-bond donors (Lipinski definition) is 0. The molecule has 0 rings (SSSR count). The van der Waals surface area contributed by atoms with Crippen LogP contribution in [0.2, 0.25) is 0 Å². The van der Waals surface area contributed by atoms with Crippen molar-refractivity contribution < 1.29 is 9.53 Å². The Balaban J connectivity index is 3.14. The van der Waals surface area contributed by atoms with E-state index in [0.717, 1.165) is 12.8 Å². The quantitative estimate of drug-likeness (QED) is 0.0453. The molecule has 0 aromatic carbocycles. The van der Waals surface area contributed by atoms with E-state index >= 15 is 0 Å². The van der Waals surface area contributed by atoms with Crippen LogP contribution in [0.1, 0.15) is 335 Å². The molecule has 0 aliphatic heterocycles. The highest BCUT2D eigenvalue weighted by molar-refractivity contribution is 5.69. The number of ether oxygens (including phenoxy) is 1. The zero-order valence-electron chi connectivity index (χ0n) is 39.4. The van der Waals surface area contributed by atoms with E-state index in [4.69, 9.17) is 4.74 Å². The normalized spacial score (nSPS) is 11.5. The molecule has 0 aliphatic rings. The summed E-state index contributed by atoms with van der Waals surface area (Å²) in [5.74, 6) is 0.0353. The molecule has 0 fully saturated rings. The summed E-state index contributed by atoms with van der Waals surface area (Å²) < 4.78 is 5.51. The highest BCUT2D eigenvalue weighted by atomic mass is 16.5. The molecule has 0 N–H and O–H groups in total. The lowest BCUT2D eigenvalue weighted by Crippen LogP contribution is -2.05. The Morgan fingerprint density at radius 2 is 0.393 bits per heavy atom. The second kappa shape index (κ2) is 52.5.